The summed E-state index contributed by atoms with van der Waals surface area (Å²) in [6, 6.07) is 2.63. The SMILES string of the molecule is CC(C)(CCO)CNC(=O)NCc1cc(F)ccc1F. The third-order valence-corrected chi connectivity index (χ3v) is 2.96. The number of carbonyl (C=O) groups is 1. The summed E-state index contributed by atoms with van der Waals surface area (Å²) in [5.74, 6) is -1.11. The van der Waals surface area contributed by atoms with Crippen molar-refractivity contribution in [2.24, 2.45) is 5.41 Å². The van der Waals surface area contributed by atoms with E-state index in [2.05, 4.69) is 10.6 Å². The van der Waals surface area contributed by atoms with Gasteiger partial charge in [-0.25, -0.2) is 13.6 Å². The van der Waals surface area contributed by atoms with Gasteiger partial charge in [-0.3, -0.25) is 0 Å². The van der Waals surface area contributed by atoms with Gasteiger partial charge in [0, 0.05) is 25.3 Å². The first kappa shape index (κ1) is 16.4. The average molecular weight is 286 g/mol. The number of aliphatic hydroxyl groups is 1. The van der Waals surface area contributed by atoms with E-state index >= 15 is 0 Å². The zero-order chi connectivity index (χ0) is 15.2. The number of hydrogen-bond acceptors (Lipinski definition) is 2. The molecule has 0 saturated heterocycles. The summed E-state index contributed by atoms with van der Waals surface area (Å²) in [4.78, 5) is 11.6. The molecule has 0 saturated carbocycles. The number of rotatable bonds is 6. The molecule has 20 heavy (non-hydrogen) atoms. The molecule has 1 aromatic rings. The number of halogens is 2. The largest absolute Gasteiger partial charge is 0.396 e. The number of benzene rings is 1. The van der Waals surface area contributed by atoms with E-state index in [0.29, 0.717) is 13.0 Å². The fourth-order valence-electron chi connectivity index (χ4n) is 1.63. The zero-order valence-electron chi connectivity index (χ0n) is 11.7. The van der Waals surface area contributed by atoms with Crippen molar-refractivity contribution in [3.63, 3.8) is 0 Å². The molecule has 1 aromatic carbocycles. The molecule has 0 bridgehead atoms. The van der Waals surface area contributed by atoms with E-state index in [1.54, 1.807) is 0 Å². The molecule has 1 rings (SSSR count). The van der Waals surface area contributed by atoms with E-state index in [4.69, 9.17) is 5.11 Å². The van der Waals surface area contributed by atoms with E-state index in [-0.39, 0.29) is 24.1 Å². The molecule has 0 heterocycles. The second-order valence-corrected chi connectivity index (χ2v) is 5.41. The van der Waals surface area contributed by atoms with Crippen molar-refractivity contribution < 1.29 is 18.7 Å². The van der Waals surface area contributed by atoms with Crippen LogP contribution in [0.25, 0.3) is 0 Å². The molecule has 0 spiro atoms. The average Bonchev–Trinajstić information content (AvgIpc) is 2.37. The number of carbonyl (C=O) groups excluding carboxylic acids is 1. The normalized spacial score (nSPS) is 11.2. The highest BCUT2D eigenvalue weighted by Crippen LogP contribution is 2.17. The Labute approximate surface area is 117 Å². The fraction of sp³-hybridized carbons (Fsp3) is 0.500. The van der Waals surface area contributed by atoms with Crippen LogP contribution in [0.1, 0.15) is 25.8 Å². The second kappa shape index (κ2) is 7.19. The van der Waals surface area contributed by atoms with Crippen molar-refractivity contribution >= 4 is 6.03 Å². The molecule has 0 radical (unpaired) electrons. The Morgan fingerprint density at radius 3 is 2.65 bits per heavy atom. The molecule has 0 fully saturated rings. The molecule has 4 nitrogen and oxygen atoms in total. The second-order valence-electron chi connectivity index (χ2n) is 5.41. The van der Waals surface area contributed by atoms with Crippen LogP contribution in [0.4, 0.5) is 13.6 Å². The lowest BCUT2D eigenvalue weighted by Gasteiger charge is -2.23. The first-order valence-corrected chi connectivity index (χ1v) is 6.40. The van der Waals surface area contributed by atoms with Crippen molar-refractivity contribution in [3.05, 3.63) is 35.4 Å². The maximum absolute atomic E-state index is 13.3. The number of aliphatic hydroxyl groups excluding tert-OH is 1. The summed E-state index contributed by atoms with van der Waals surface area (Å²) >= 11 is 0. The van der Waals surface area contributed by atoms with Crippen LogP contribution in [-0.2, 0) is 6.54 Å². The van der Waals surface area contributed by atoms with Gasteiger partial charge in [-0.15, -0.1) is 0 Å². The van der Waals surface area contributed by atoms with Crippen molar-refractivity contribution in [2.75, 3.05) is 13.2 Å². The van der Waals surface area contributed by atoms with Crippen LogP contribution in [0, 0.1) is 17.0 Å². The van der Waals surface area contributed by atoms with Crippen LogP contribution in [0.15, 0.2) is 18.2 Å². The lowest BCUT2D eigenvalue weighted by Crippen LogP contribution is -2.40. The number of urea groups is 1. The molecule has 0 aliphatic rings. The molecule has 0 unspecified atom stereocenters. The Morgan fingerprint density at radius 2 is 2.00 bits per heavy atom. The van der Waals surface area contributed by atoms with E-state index in [1.165, 1.54) is 0 Å². The van der Waals surface area contributed by atoms with Gasteiger partial charge in [-0.1, -0.05) is 13.8 Å². The smallest absolute Gasteiger partial charge is 0.315 e. The van der Waals surface area contributed by atoms with Gasteiger partial charge in [-0.05, 0) is 30.0 Å². The molecule has 0 aliphatic heterocycles. The fourth-order valence-corrected chi connectivity index (χ4v) is 1.63. The standard InChI is InChI=1S/C14H20F2N2O2/c1-14(2,5-6-19)9-18-13(20)17-8-10-7-11(15)3-4-12(10)16/h3-4,7,19H,5-6,8-9H2,1-2H3,(H2,17,18,20). The quantitative estimate of drug-likeness (QED) is 0.750. The Bertz CT molecular complexity index is 464. The van der Waals surface area contributed by atoms with Gasteiger partial charge in [0.1, 0.15) is 11.6 Å². The van der Waals surface area contributed by atoms with Gasteiger partial charge in [-0.2, -0.15) is 0 Å². The van der Waals surface area contributed by atoms with Crippen molar-refractivity contribution in [1.82, 2.24) is 10.6 Å². The highest BCUT2D eigenvalue weighted by atomic mass is 19.1. The van der Waals surface area contributed by atoms with Gasteiger partial charge >= 0.3 is 6.03 Å². The number of amides is 2. The number of hydrogen-bond donors (Lipinski definition) is 3. The van der Waals surface area contributed by atoms with Crippen LogP contribution in [-0.4, -0.2) is 24.3 Å². The zero-order valence-corrected chi connectivity index (χ0v) is 11.7. The topological polar surface area (TPSA) is 61.4 Å². The maximum Gasteiger partial charge on any atom is 0.315 e. The molecule has 0 atom stereocenters. The van der Waals surface area contributed by atoms with Crippen molar-refractivity contribution in [3.8, 4) is 0 Å². The predicted molar refractivity (Wildman–Crippen MR) is 72.1 cm³/mol. The third-order valence-electron chi connectivity index (χ3n) is 2.96. The molecule has 6 heteroatoms. The van der Waals surface area contributed by atoms with E-state index in [9.17, 15) is 13.6 Å². The van der Waals surface area contributed by atoms with E-state index in [0.717, 1.165) is 18.2 Å². The van der Waals surface area contributed by atoms with Gasteiger partial charge in [0.2, 0.25) is 0 Å². The molecule has 0 aliphatic carbocycles. The highest BCUT2D eigenvalue weighted by molar-refractivity contribution is 5.73. The molecular weight excluding hydrogens is 266 g/mol. The van der Waals surface area contributed by atoms with Gasteiger partial charge in [0.25, 0.3) is 0 Å². The van der Waals surface area contributed by atoms with Crippen LogP contribution >= 0.6 is 0 Å². The molecule has 112 valence electrons. The van der Waals surface area contributed by atoms with E-state index < -0.39 is 17.7 Å². The Kier molecular flexibility index (Phi) is 5.88. The van der Waals surface area contributed by atoms with Gasteiger partial charge in [0.15, 0.2) is 0 Å². The molecule has 3 N–H and O–H groups in total. The minimum absolute atomic E-state index is 0.0464. The highest BCUT2D eigenvalue weighted by Gasteiger charge is 2.18. The number of nitrogens with one attached hydrogen (secondary N) is 2. The van der Waals surface area contributed by atoms with Crippen molar-refractivity contribution in [1.29, 1.82) is 0 Å². The Hall–Kier alpha value is -1.69. The van der Waals surface area contributed by atoms with Crippen LogP contribution < -0.4 is 10.6 Å². The van der Waals surface area contributed by atoms with Gasteiger partial charge < -0.3 is 15.7 Å². The molecule has 2 amide bonds. The van der Waals surface area contributed by atoms with Crippen LogP contribution in [0.5, 0.6) is 0 Å². The van der Waals surface area contributed by atoms with Crippen LogP contribution in [0.3, 0.4) is 0 Å². The minimum Gasteiger partial charge on any atom is -0.396 e. The summed E-state index contributed by atoms with van der Waals surface area (Å²) in [7, 11) is 0. The lowest BCUT2D eigenvalue weighted by molar-refractivity contribution is 0.201. The Balaban J connectivity index is 2.42. The van der Waals surface area contributed by atoms with Crippen molar-refractivity contribution in [2.45, 2.75) is 26.8 Å². The molecular formula is C14H20F2N2O2. The predicted octanol–water partition coefficient (Wildman–Crippen LogP) is 2.17. The van der Waals surface area contributed by atoms with Crippen LogP contribution in [0.2, 0.25) is 0 Å². The van der Waals surface area contributed by atoms with Gasteiger partial charge in [0.05, 0.1) is 0 Å². The van der Waals surface area contributed by atoms with E-state index in [1.807, 2.05) is 13.8 Å². The summed E-state index contributed by atoms with van der Waals surface area (Å²) in [5.41, 5.74) is -0.134. The maximum atomic E-state index is 13.3. The summed E-state index contributed by atoms with van der Waals surface area (Å²) < 4.78 is 26.3. The molecule has 0 aromatic heterocycles. The summed E-state index contributed by atoms with van der Waals surface area (Å²) in [6.07, 6.45) is 0.561. The third kappa shape index (κ3) is 5.52. The monoisotopic (exact) mass is 286 g/mol. The Morgan fingerprint density at radius 1 is 1.30 bits per heavy atom. The first-order valence-electron chi connectivity index (χ1n) is 6.40. The summed E-state index contributed by atoms with van der Waals surface area (Å²) in [6.45, 7) is 4.16. The minimum atomic E-state index is -0.563. The lowest BCUT2D eigenvalue weighted by atomic mass is 9.90. The first-order chi connectivity index (χ1) is 9.34. The summed E-state index contributed by atoms with van der Waals surface area (Å²) in [5, 5.41) is 14.0.